The molecule has 1 aliphatic heterocycles. The quantitative estimate of drug-likeness (QED) is 0.412. The molecule has 2 aromatic carbocycles. The molecule has 8 heteroatoms. The zero-order valence-electron chi connectivity index (χ0n) is 16.5. The van der Waals surface area contributed by atoms with Crippen molar-refractivity contribution in [1.29, 1.82) is 0 Å². The number of carbonyl (C=O) groups excluding carboxylic acids is 1. The number of hydrogen-bond donors (Lipinski definition) is 1. The van der Waals surface area contributed by atoms with Crippen LogP contribution in [-0.2, 0) is 0 Å². The van der Waals surface area contributed by atoms with Crippen molar-refractivity contribution < 1.29 is 4.79 Å². The molecule has 0 unspecified atom stereocenters. The number of aromatic nitrogens is 2. The van der Waals surface area contributed by atoms with Gasteiger partial charge in [0.2, 0.25) is 0 Å². The minimum absolute atomic E-state index is 0.204. The number of rotatable bonds is 4. The lowest BCUT2D eigenvalue weighted by Crippen LogP contribution is -2.45. The van der Waals surface area contributed by atoms with Crippen LogP contribution in [0.25, 0.3) is 16.9 Å². The van der Waals surface area contributed by atoms with Gasteiger partial charge in [-0.1, -0.05) is 41.8 Å². The first-order chi connectivity index (χ1) is 14.4. The van der Waals surface area contributed by atoms with Crippen LogP contribution in [0.4, 0.5) is 0 Å². The topological polar surface area (TPSA) is 50.2 Å². The van der Waals surface area contributed by atoms with E-state index in [1.165, 1.54) is 6.42 Å². The maximum Gasteiger partial charge on any atom is 0.286 e. The van der Waals surface area contributed by atoms with Crippen LogP contribution < -0.4 is 5.43 Å². The average molecular weight is 551 g/mol. The van der Waals surface area contributed by atoms with E-state index < -0.39 is 0 Å². The van der Waals surface area contributed by atoms with E-state index in [0.29, 0.717) is 21.4 Å². The third kappa shape index (κ3) is 4.51. The smallest absolute Gasteiger partial charge is 0.283 e. The number of hydrogen-bond acceptors (Lipinski definition) is 3. The zero-order chi connectivity index (χ0) is 21.3. The Bertz CT molecular complexity index is 1080. The van der Waals surface area contributed by atoms with Crippen LogP contribution in [-0.4, -0.2) is 33.8 Å². The van der Waals surface area contributed by atoms with Gasteiger partial charge in [-0.05, 0) is 72.7 Å². The predicted molar refractivity (Wildman–Crippen MR) is 129 cm³/mol. The number of benzene rings is 2. The van der Waals surface area contributed by atoms with Gasteiger partial charge in [-0.3, -0.25) is 10.2 Å². The number of hydrazine groups is 1. The fourth-order valence-electron chi connectivity index (χ4n) is 3.69. The van der Waals surface area contributed by atoms with E-state index in [4.69, 9.17) is 23.2 Å². The van der Waals surface area contributed by atoms with Crippen LogP contribution in [0.3, 0.4) is 0 Å². The highest BCUT2D eigenvalue weighted by molar-refractivity contribution is 14.1. The molecule has 0 radical (unpaired) electrons. The van der Waals surface area contributed by atoms with Crippen LogP contribution in [0.15, 0.2) is 42.5 Å². The Morgan fingerprint density at radius 2 is 1.77 bits per heavy atom. The Kier molecular flexibility index (Phi) is 6.67. The van der Waals surface area contributed by atoms with Crippen molar-refractivity contribution >= 4 is 51.7 Å². The molecule has 0 aliphatic carbocycles. The Labute approximate surface area is 199 Å². The van der Waals surface area contributed by atoms with Crippen LogP contribution >= 0.6 is 45.8 Å². The SMILES string of the molecule is Cc1c(C(=O)NN2CCCCC2)nn(-c2ccc(Cl)cc2Cl)c1-c1ccc([123I])cc1. The molecule has 1 fully saturated rings. The van der Waals surface area contributed by atoms with E-state index in [0.717, 1.165) is 46.3 Å². The van der Waals surface area contributed by atoms with Gasteiger partial charge in [-0.15, -0.1) is 0 Å². The monoisotopic (exact) mass is 550 g/mol. The van der Waals surface area contributed by atoms with Gasteiger partial charge in [0.25, 0.3) is 5.91 Å². The maximum absolute atomic E-state index is 13.1. The zero-order valence-corrected chi connectivity index (χ0v) is 20.1. The van der Waals surface area contributed by atoms with Crippen LogP contribution in [0, 0.1) is 10.5 Å². The van der Waals surface area contributed by atoms with Crippen molar-refractivity contribution in [2.45, 2.75) is 26.2 Å². The Hall–Kier alpha value is -1.61. The molecule has 0 atom stereocenters. The number of carbonyl (C=O) groups is 1. The summed E-state index contributed by atoms with van der Waals surface area (Å²) in [4.78, 5) is 13.1. The van der Waals surface area contributed by atoms with E-state index in [1.54, 1.807) is 16.8 Å². The molecule has 1 amide bonds. The molecule has 5 nitrogen and oxygen atoms in total. The van der Waals surface area contributed by atoms with Crippen LogP contribution in [0.1, 0.15) is 35.3 Å². The lowest BCUT2D eigenvalue weighted by molar-refractivity contribution is 0.0743. The van der Waals surface area contributed by atoms with Gasteiger partial charge in [0.05, 0.1) is 16.4 Å². The summed E-state index contributed by atoms with van der Waals surface area (Å²) in [7, 11) is 0. The minimum atomic E-state index is -0.204. The summed E-state index contributed by atoms with van der Waals surface area (Å²) in [6.45, 7) is 3.64. The van der Waals surface area contributed by atoms with Gasteiger partial charge < -0.3 is 0 Å². The third-order valence-electron chi connectivity index (χ3n) is 5.21. The molecule has 2 heterocycles. The van der Waals surface area contributed by atoms with Crippen molar-refractivity contribution in [1.82, 2.24) is 20.2 Å². The second-order valence-corrected chi connectivity index (χ2v) is 9.41. The first-order valence-corrected chi connectivity index (χ1v) is 11.6. The first-order valence-electron chi connectivity index (χ1n) is 9.81. The van der Waals surface area contributed by atoms with E-state index in [-0.39, 0.29) is 5.91 Å². The lowest BCUT2D eigenvalue weighted by atomic mass is 10.1. The van der Waals surface area contributed by atoms with Crippen molar-refractivity contribution in [3.63, 3.8) is 0 Å². The van der Waals surface area contributed by atoms with Crippen molar-refractivity contribution in [3.05, 3.63) is 67.3 Å². The molecule has 1 aromatic heterocycles. The molecule has 3 aromatic rings. The molecule has 1 aliphatic rings. The molecule has 30 heavy (non-hydrogen) atoms. The highest BCUT2D eigenvalue weighted by atomic mass is 123. The summed E-state index contributed by atoms with van der Waals surface area (Å²) < 4.78 is 2.87. The van der Waals surface area contributed by atoms with Gasteiger partial charge in [-0.25, -0.2) is 9.69 Å². The highest BCUT2D eigenvalue weighted by Crippen LogP contribution is 2.33. The second-order valence-electron chi connectivity index (χ2n) is 7.33. The van der Waals surface area contributed by atoms with Gasteiger partial charge in [-0.2, -0.15) is 5.10 Å². The maximum atomic E-state index is 13.1. The Balaban J connectivity index is 1.80. The molecule has 1 N–H and O–H groups in total. The molecule has 4 rings (SSSR count). The molecule has 1 saturated heterocycles. The summed E-state index contributed by atoms with van der Waals surface area (Å²) >= 11 is 14.9. The van der Waals surface area contributed by atoms with Crippen molar-refractivity contribution in [2.24, 2.45) is 0 Å². The minimum Gasteiger partial charge on any atom is -0.283 e. The van der Waals surface area contributed by atoms with Gasteiger partial charge in [0.1, 0.15) is 0 Å². The van der Waals surface area contributed by atoms with Gasteiger partial charge in [0.15, 0.2) is 5.69 Å². The molecule has 0 bridgehead atoms. The number of nitrogens with zero attached hydrogens (tertiary/aromatic N) is 3. The van der Waals surface area contributed by atoms with E-state index in [9.17, 15) is 4.79 Å². The van der Waals surface area contributed by atoms with Gasteiger partial charge in [0, 0.05) is 32.8 Å². The van der Waals surface area contributed by atoms with Crippen LogP contribution in [0.2, 0.25) is 10.0 Å². The Morgan fingerprint density at radius 3 is 2.43 bits per heavy atom. The summed E-state index contributed by atoms with van der Waals surface area (Å²) in [6, 6.07) is 13.4. The van der Waals surface area contributed by atoms with Crippen LogP contribution in [0.5, 0.6) is 0 Å². The summed E-state index contributed by atoms with van der Waals surface area (Å²) in [5, 5.41) is 7.68. The average Bonchev–Trinajstić information content (AvgIpc) is 3.06. The third-order valence-corrected chi connectivity index (χ3v) is 6.47. The van der Waals surface area contributed by atoms with Crippen molar-refractivity contribution in [3.8, 4) is 16.9 Å². The van der Waals surface area contributed by atoms with E-state index >= 15 is 0 Å². The highest BCUT2D eigenvalue weighted by Gasteiger charge is 2.24. The molecular formula is C22H21Cl2IN4O. The fourth-order valence-corrected chi connectivity index (χ4v) is 4.54. The first kappa shape index (κ1) is 21.6. The molecule has 0 saturated carbocycles. The standard InChI is InChI=1S/C22H21Cl2IN4O/c1-14-20(22(30)27-28-11-3-2-4-12-28)26-29(19-10-7-16(23)13-18(19)24)21(14)15-5-8-17(25)9-6-15/h5-10,13H,2-4,11-12H2,1H3,(H,27,30)/i25-4. The largest absolute Gasteiger partial charge is 0.286 e. The number of nitrogens with one attached hydrogen (secondary N) is 1. The normalized spacial score (nSPS) is 14.7. The second kappa shape index (κ2) is 9.26. The summed E-state index contributed by atoms with van der Waals surface area (Å²) in [5.74, 6) is -0.204. The summed E-state index contributed by atoms with van der Waals surface area (Å²) in [5.41, 5.74) is 6.68. The summed E-state index contributed by atoms with van der Waals surface area (Å²) in [6.07, 6.45) is 3.37. The van der Waals surface area contributed by atoms with E-state index in [1.807, 2.05) is 42.3 Å². The van der Waals surface area contributed by atoms with E-state index in [2.05, 4.69) is 33.1 Å². The van der Waals surface area contributed by atoms with Crippen molar-refractivity contribution in [2.75, 3.05) is 13.1 Å². The number of halogens is 3. The molecular weight excluding hydrogens is 530 g/mol. The Morgan fingerprint density at radius 1 is 1.07 bits per heavy atom. The number of piperidine rings is 1. The molecule has 0 spiro atoms. The fraction of sp³-hybridized carbons (Fsp3) is 0.273. The predicted octanol–water partition coefficient (Wildman–Crippen LogP) is 5.89. The number of amides is 1. The van der Waals surface area contributed by atoms with Gasteiger partial charge >= 0.3 is 0 Å². The molecule has 156 valence electrons. The lowest BCUT2D eigenvalue weighted by Gasteiger charge is -2.26.